The number of hydrogen-bond donors (Lipinski definition) is 1. The van der Waals surface area contributed by atoms with E-state index in [1.807, 2.05) is 32.0 Å². The maximum atomic E-state index is 12.1. The highest BCUT2D eigenvalue weighted by Crippen LogP contribution is 2.22. The second-order valence-corrected chi connectivity index (χ2v) is 7.62. The van der Waals surface area contributed by atoms with Crippen molar-refractivity contribution in [2.45, 2.75) is 59.5 Å². The van der Waals surface area contributed by atoms with Gasteiger partial charge in [0.2, 0.25) is 5.91 Å². The second-order valence-electron chi connectivity index (χ2n) is 7.62. The molecule has 1 N–H and O–H groups in total. The number of carbonyl (C=O) groups is 1. The smallest absolute Gasteiger partial charge is 0.220 e. The molecule has 3 rings (SSSR count). The van der Waals surface area contributed by atoms with Crippen LogP contribution in [0.1, 0.15) is 56.1 Å². The summed E-state index contributed by atoms with van der Waals surface area (Å²) in [5.41, 5.74) is 4.39. The van der Waals surface area contributed by atoms with Gasteiger partial charge in [0, 0.05) is 13.0 Å². The third-order valence-corrected chi connectivity index (χ3v) is 5.05. The number of nitrogens with zero attached hydrogens (tertiary/aromatic N) is 2. The number of imidazole rings is 1. The van der Waals surface area contributed by atoms with E-state index in [1.54, 1.807) is 0 Å². The van der Waals surface area contributed by atoms with Crippen LogP contribution in [0.3, 0.4) is 0 Å². The maximum absolute atomic E-state index is 12.1. The second kappa shape index (κ2) is 9.59. The van der Waals surface area contributed by atoms with Crippen molar-refractivity contribution >= 4 is 16.9 Å². The van der Waals surface area contributed by atoms with Gasteiger partial charge in [0.1, 0.15) is 11.6 Å². The fourth-order valence-corrected chi connectivity index (χ4v) is 3.53. The molecule has 0 spiro atoms. The van der Waals surface area contributed by atoms with E-state index in [1.165, 1.54) is 5.56 Å². The number of fused-ring (bicyclic) bond motifs is 1. The van der Waals surface area contributed by atoms with Crippen LogP contribution in [0.5, 0.6) is 5.75 Å². The van der Waals surface area contributed by atoms with E-state index >= 15 is 0 Å². The van der Waals surface area contributed by atoms with Crippen LogP contribution < -0.4 is 10.1 Å². The number of benzene rings is 2. The minimum Gasteiger partial charge on any atom is -0.493 e. The fraction of sp³-hybridized carbons (Fsp3) is 0.417. The number of nitrogens with one attached hydrogen (secondary N) is 1. The lowest BCUT2D eigenvalue weighted by Gasteiger charge is -2.17. The predicted octanol–water partition coefficient (Wildman–Crippen LogP) is 5.10. The molecule has 154 valence electrons. The molecule has 0 bridgehead atoms. The van der Waals surface area contributed by atoms with Crippen LogP contribution in [0.25, 0.3) is 11.0 Å². The molecule has 1 heterocycles. The van der Waals surface area contributed by atoms with Crippen LogP contribution in [0.2, 0.25) is 0 Å². The van der Waals surface area contributed by atoms with Crippen molar-refractivity contribution in [1.82, 2.24) is 14.9 Å². The Labute approximate surface area is 173 Å². The quantitative estimate of drug-likeness (QED) is 0.515. The first-order valence-electron chi connectivity index (χ1n) is 10.4. The highest BCUT2D eigenvalue weighted by molar-refractivity contribution is 5.78. The number of ether oxygens (including phenoxy) is 1. The van der Waals surface area contributed by atoms with Crippen molar-refractivity contribution in [3.63, 3.8) is 0 Å². The zero-order chi connectivity index (χ0) is 20.8. The number of carbonyl (C=O) groups excluding carboxylic acids is 1. The van der Waals surface area contributed by atoms with Crippen molar-refractivity contribution < 1.29 is 9.53 Å². The van der Waals surface area contributed by atoms with E-state index in [2.05, 4.69) is 48.0 Å². The Balaban J connectivity index is 1.72. The highest BCUT2D eigenvalue weighted by atomic mass is 16.5. The van der Waals surface area contributed by atoms with Crippen LogP contribution in [-0.2, 0) is 11.3 Å². The Morgan fingerprint density at radius 1 is 1.21 bits per heavy atom. The predicted molar refractivity (Wildman–Crippen MR) is 117 cm³/mol. The van der Waals surface area contributed by atoms with E-state index in [9.17, 15) is 4.79 Å². The molecule has 0 saturated heterocycles. The molecule has 5 nitrogen and oxygen atoms in total. The molecule has 1 unspecified atom stereocenters. The molecule has 0 aliphatic rings. The summed E-state index contributed by atoms with van der Waals surface area (Å²) in [4.78, 5) is 16.9. The molecule has 2 aromatic carbocycles. The Bertz CT molecular complexity index is 977. The number of aryl methyl sites for hydroxylation is 3. The molecular weight excluding hydrogens is 362 g/mol. The van der Waals surface area contributed by atoms with Gasteiger partial charge in [-0.15, -0.1) is 0 Å². The summed E-state index contributed by atoms with van der Waals surface area (Å²) in [6.07, 6.45) is 2.23. The van der Waals surface area contributed by atoms with Crippen LogP contribution in [0.15, 0.2) is 42.5 Å². The molecule has 29 heavy (non-hydrogen) atoms. The van der Waals surface area contributed by atoms with Gasteiger partial charge < -0.3 is 14.6 Å². The number of para-hydroxylation sites is 2. The molecule has 0 aliphatic carbocycles. The molecule has 0 saturated carbocycles. The van der Waals surface area contributed by atoms with Crippen LogP contribution in [0.4, 0.5) is 0 Å². The zero-order valence-corrected chi connectivity index (χ0v) is 17.9. The molecule has 0 aliphatic heterocycles. The van der Waals surface area contributed by atoms with Crippen molar-refractivity contribution in [2.24, 2.45) is 0 Å². The summed E-state index contributed by atoms with van der Waals surface area (Å²) >= 11 is 0. The van der Waals surface area contributed by atoms with E-state index in [-0.39, 0.29) is 11.9 Å². The standard InChI is InChI=1S/C24H31N3O2/c1-5-9-23(28)25-19(4)24-26-20-10-6-7-11-21(20)27(24)14-8-15-29-22-16-17(2)12-13-18(22)3/h6-7,10-13,16,19H,5,8-9,14-15H2,1-4H3,(H,25,28). The molecule has 3 aromatic rings. The van der Waals surface area contributed by atoms with Gasteiger partial charge in [0.05, 0.1) is 23.7 Å². The largest absolute Gasteiger partial charge is 0.493 e. The van der Waals surface area contributed by atoms with Crippen LogP contribution in [0, 0.1) is 13.8 Å². The van der Waals surface area contributed by atoms with Gasteiger partial charge in [-0.25, -0.2) is 4.98 Å². The highest BCUT2D eigenvalue weighted by Gasteiger charge is 2.18. The van der Waals surface area contributed by atoms with E-state index in [0.29, 0.717) is 13.0 Å². The molecule has 1 aromatic heterocycles. The van der Waals surface area contributed by atoms with Gasteiger partial charge in [-0.2, -0.15) is 0 Å². The molecule has 5 heteroatoms. The van der Waals surface area contributed by atoms with Gasteiger partial charge in [-0.05, 0) is 62.9 Å². The normalized spacial score (nSPS) is 12.1. The lowest BCUT2D eigenvalue weighted by atomic mass is 10.1. The lowest BCUT2D eigenvalue weighted by molar-refractivity contribution is -0.121. The molecule has 1 atom stereocenters. The topological polar surface area (TPSA) is 56.2 Å². The summed E-state index contributed by atoms with van der Waals surface area (Å²) < 4.78 is 8.23. The zero-order valence-electron chi connectivity index (χ0n) is 17.9. The summed E-state index contributed by atoms with van der Waals surface area (Å²) in [6, 6.07) is 14.2. The van der Waals surface area contributed by atoms with Crippen LogP contribution in [-0.4, -0.2) is 22.1 Å². The van der Waals surface area contributed by atoms with Gasteiger partial charge in [-0.1, -0.05) is 31.2 Å². The molecular formula is C24H31N3O2. The van der Waals surface area contributed by atoms with E-state index in [4.69, 9.17) is 9.72 Å². The van der Waals surface area contributed by atoms with E-state index < -0.39 is 0 Å². The number of amides is 1. The Morgan fingerprint density at radius 2 is 2.00 bits per heavy atom. The van der Waals surface area contributed by atoms with Crippen molar-refractivity contribution in [3.8, 4) is 5.75 Å². The first-order chi connectivity index (χ1) is 14.0. The summed E-state index contributed by atoms with van der Waals surface area (Å²) in [6.45, 7) is 9.57. The average Bonchev–Trinajstić information content (AvgIpc) is 3.07. The molecule has 1 amide bonds. The fourth-order valence-electron chi connectivity index (χ4n) is 3.53. The monoisotopic (exact) mass is 393 g/mol. The first kappa shape index (κ1) is 20.9. The minimum atomic E-state index is -0.138. The molecule has 0 fully saturated rings. The summed E-state index contributed by atoms with van der Waals surface area (Å²) in [5, 5.41) is 3.07. The van der Waals surface area contributed by atoms with Crippen molar-refractivity contribution in [3.05, 3.63) is 59.4 Å². The number of rotatable bonds is 9. The van der Waals surface area contributed by atoms with Gasteiger partial charge in [-0.3, -0.25) is 4.79 Å². The first-order valence-corrected chi connectivity index (χ1v) is 10.4. The Morgan fingerprint density at radius 3 is 2.79 bits per heavy atom. The van der Waals surface area contributed by atoms with E-state index in [0.717, 1.165) is 47.6 Å². The van der Waals surface area contributed by atoms with Gasteiger partial charge in [0.25, 0.3) is 0 Å². The SMILES string of the molecule is CCCC(=O)NC(C)c1nc2ccccc2n1CCCOc1cc(C)ccc1C. The Kier molecular flexibility index (Phi) is 6.91. The van der Waals surface area contributed by atoms with Gasteiger partial charge >= 0.3 is 0 Å². The maximum Gasteiger partial charge on any atom is 0.220 e. The third-order valence-electron chi connectivity index (χ3n) is 5.05. The lowest BCUT2D eigenvalue weighted by Crippen LogP contribution is -2.28. The summed E-state index contributed by atoms with van der Waals surface area (Å²) in [5.74, 6) is 1.90. The van der Waals surface area contributed by atoms with Crippen molar-refractivity contribution in [1.29, 1.82) is 0 Å². The third kappa shape index (κ3) is 5.17. The Hall–Kier alpha value is -2.82. The summed E-state index contributed by atoms with van der Waals surface area (Å²) in [7, 11) is 0. The van der Waals surface area contributed by atoms with Crippen molar-refractivity contribution in [2.75, 3.05) is 6.61 Å². The minimum absolute atomic E-state index is 0.0665. The average molecular weight is 394 g/mol. The number of aromatic nitrogens is 2. The van der Waals surface area contributed by atoms with Gasteiger partial charge in [0.15, 0.2) is 0 Å². The van der Waals surface area contributed by atoms with Crippen LogP contribution >= 0.6 is 0 Å². The molecule has 0 radical (unpaired) electrons. The number of hydrogen-bond acceptors (Lipinski definition) is 3.